The van der Waals surface area contributed by atoms with Crippen molar-refractivity contribution in [1.29, 1.82) is 0 Å². The molecule has 7 heteroatoms. The van der Waals surface area contributed by atoms with Gasteiger partial charge in [-0.15, -0.1) is 0 Å². The molecule has 0 aliphatic rings. The molecule has 3 rings (SSSR count). The molecular weight excluding hydrogens is 346 g/mol. The number of ether oxygens (including phenoxy) is 2. The molecule has 0 radical (unpaired) electrons. The number of aryl methyl sites for hydroxylation is 1. The van der Waals surface area contributed by atoms with Gasteiger partial charge in [0, 0.05) is 16.5 Å². The number of hydrogen-bond donors (Lipinski definition) is 0. The maximum Gasteiger partial charge on any atom is 0.387 e. The van der Waals surface area contributed by atoms with Crippen LogP contribution in [0.1, 0.15) is 26.5 Å². The molecule has 2 aromatic carbocycles. The maximum absolute atomic E-state index is 12.2. The number of alkyl halides is 2. The van der Waals surface area contributed by atoms with Crippen molar-refractivity contribution in [2.45, 2.75) is 13.5 Å². The van der Waals surface area contributed by atoms with E-state index < -0.39 is 25.0 Å². The number of para-hydroxylation sites is 1. The Bertz CT molecular complexity index is 944. The number of esters is 1. The summed E-state index contributed by atoms with van der Waals surface area (Å²) in [5.41, 5.74) is 1.39. The van der Waals surface area contributed by atoms with Gasteiger partial charge in [0.05, 0.1) is 0 Å². The Hall–Kier alpha value is -3.22. The fraction of sp³-hybridized carbons (Fsp3) is 0.158. The van der Waals surface area contributed by atoms with Crippen LogP contribution in [0.4, 0.5) is 8.78 Å². The highest BCUT2D eigenvalue weighted by atomic mass is 19.3. The summed E-state index contributed by atoms with van der Waals surface area (Å²) in [4.78, 5) is 24.2. The van der Waals surface area contributed by atoms with E-state index in [0.29, 0.717) is 11.1 Å². The van der Waals surface area contributed by atoms with Gasteiger partial charge in [0.25, 0.3) is 0 Å². The summed E-state index contributed by atoms with van der Waals surface area (Å²) in [5, 5.41) is 0.792. The quantitative estimate of drug-likeness (QED) is 0.482. The third-order valence-corrected chi connectivity index (χ3v) is 3.76. The number of rotatable bonds is 6. The first-order chi connectivity index (χ1) is 12.5. The number of furan rings is 1. The van der Waals surface area contributed by atoms with Crippen LogP contribution in [0.3, 0.4) is 0 Å². The van der Waals surface area contributed by atoms with Gasteiger partial charge in [0.2, 0.25) is 5.76 Å². The molecule has 3 aromatic rings. The van der Waals surface area contributed by atoms with E-state index in [1.807, 2.05) is 12.1 Å². The fourth-order valence-electron chi connectivity index (χ4n) is 2.47. The van der Waals surface area contributed by atoms with E-state index in [1.165, 1.54) is 24.3 Å². The molecule has 5 nitrogen and oxygen atoms in total. The minimum absolute atomic E-state index is 0.0414. The highest BCUT2D eigenvalue weighted by molar-refractivity contribution is 6.00. The number of Topliss-reactive ketones (excluding diaryl/α,β-unsaturated/α-hetero) is 1. The van der Waals surface area contributed by atoms with Crippen molar-refractivity contribution >= 4 is 22.7 Å². The first-order valence-corrected chi connectivity index (χ1v) is 7.69. The summed E-state index contributed by atoms with van der Waals surface area (Å²) in [6, 6.07) is 12.3. The van der Waals surface area contributed by atoms with Crippen LogP contribution in [-0.4, -0.2) is 25.0 Å². The first-order valence-electron chi connectivity index (χ1n) is 7.69. The molecule has 0 bridgehead atoms. The first kappa shape index (κ1) is 17.6. The van der Waals surface area contributed by atoms with E-state index >= 15 is 0 Å². The number of carbonyl (C=O) groups is 2. The predicted molar refractivity (Wildman–Crippen MR) is 88.6 cm³/mol. The standard InChI is InChI=1S/C19H14F2O5/c1-11-14-4-2-3-5-16(14)26-17(11)18(23)24-10-15(22)12-6-8-13(9-7-12)25-19(20)21/h2-9,19H,10H2,1H3. The van der Waals surface area contributed by atoms with Gasteiger partial charge in [0.1, 0.15) is 11.3 Å². The van der Waals surface area contributed by atoms with Gasteiger partial charge in [0.15, 0.2) is 12.4 Å². The summed E-state index contributed by atoms with van der Waals surface area (Å²) < 4.78 is 38.9. The molecule has 0 unspecified atom stereocenters. The van der Waals surface area contributed by atoms with Gasteiger partial charge >= 0.3 is 12.6 Å². The molecule has 0 N–H and O–H groups in total. The lowest BCUT2D eigenvalue weighted by Crippen LogP contribution is -2.14. The van der Waals surface area contributed by atoms with Crippen LogP contribution in [0, 0.1) is 6.92 Å². The molecule has 1 heterocycles. The normalized spacial score (nSPS) is 10.9. The number of halogens is 2. The Morgan fingerprint density at radius 2 is 1.77 bits per heavy atom. The second kappa shape index (κ2) is 7.35. The predicted octanol–water partition coefficient (Wildman–Crippen LogP) is 4.38. The third-order valence-electron chi connectivity index (χ3n) is 3.76. The van der Waals surface area contributed by atoms with Gasteiger partial charge < -0.3 is 13.9 Å². The molecule has 0 saturated heterocycles. The SMILES string of the molecule is Cc1c(C(=O)OCC(=O)c2ccc(OC(F)F)cc2)oc2ccccc12. The largest absolute Gasteiger partial charge is 0.451 e. The summed E-state index contributed by atoms with van der Waals surface area (Å²) in [7, 11) is 0. The molecule has 0 fully saturated rings. The lowest BCUT2D eigenvalue weighted by Gasteiger charge is -2.06. The van der Waals surface area contributed by atoms with Gasteiger partial charge in [-0.1, -0.05) is 18.2 Å². The van der Waals surface area contributed by atoms with Gasteiger partial charge in [-0.25, -0.2) is 4.79 Å². The zero-order chi connectivity index (χ0) is 18.7. The average Bonchev–Trinajstić information content (AvgIpc) is 2.97. The summed E-state index contributed by atoms with van der Waals surface area (Å²) in [5.74, 6) is -1.24. The van der Waals surface area contributed by atoms with E-state index in [9.17, 15) is 18.4 Å². The molecule has 26 heavy (non-hydrogen) atoms. The molecule has 0 saturated carbocycles. The number of benzene rings is 2. The molecule has 0 aliphatic carbocycles. The molecule has 0 spiro atoms. The summed E-state index contributed by atoms with van der Waals surface area (Å²) in [6.45, 7) is -1.71. The molecule has 0 amide bonds. The Morgan fingerprint density at radius 1 is 1.08 bits per heavy atom. The second-order valence-electron chi connectivity index (χ2n) is 5.45. The lowest BCUT2D eigenvalue weighted by molar-refractivity contribution is -0.0498. The van der Waals surface area contributed by atoms with Crippen LogP contribution in [-0.2, 0) is 4.74 Å². The van der Waals surface area contributed by atoms with Crippen LogP contribution in [0.15, 0.2) is 52.9 Å². The van der Waals surface area contributed by atoms with Crippen molar-refractivity contribution in [1.82, 2.24) is 0 Å². The molecule has 0 aliphatic heterocycles. The fourth-order valence-corrected chi connectivity index (χ4v) is 2.47. The smallest absolute Gasteiger partial charge is 0.387 e. The Morgan fingerprint density at radius 3 is 2.42 bits per heavy atom. The number of fused-ring (bicyclic) bond motifs is 1. The highest BCUT2D eigenvalue weighted by Gasteiger charge is 2.20. The molecule has 0 atom stereocenters. The van der Waals surface area contributed by atoms with Crippen molar-refractivity contribution in [3.63, 3.8) is 0 Å². The number of hydrogen-bond acceptors (Lipinski definition) is 5. The number of carbonyl (C=O) groups excluding carboxylic acids is 2. The summed E-state index contributed by atoms with van der Waals surface area (Å²) in [6.07, 6.45) is 0. The van der Waals surface area contributed by atoms with Crippen LogP contribution < -0.4 is 4.74 Å². The van der Waals surface area contributed by atoms with Crippen LogP contribution in [0.2, 0.25) is 0 Å². The molecule has 134 valence electrons. The van der Waals surface area contributed by atoms with Crippen LogP contribution >= 0.6 is 0 Å². The Labute approximate surface area is 147 Å². The van der Waals surface area contributed by atoms with Crippen molar-refractivity contribution in [2.24, 2.45) is 0 Å². The molecule has 1 aromatic heterocycles. The Balaban J connectivity index is 1.65. The van der Waals surface area contributed by atoms with Gasteiger partial charge in [-0.2, -0.15) is 8.78 Å². The topological polar surface area (TPSA) is 65.7 Å². The average molecular weight is 360 g/mol. The third kappa shape index (κ3) is 3.72. The zero-order valence-electron chi connectivity index (χ0n) is 13.7. The zero-order valence-corrected chi connectivity index (χ0v) is 13.7. The van der Waals surface area contributed by atoms with E-state index in [1.54, 1.807) is 19.1 Å². The van der Waals surface area contributed by atoms with E-state index in [4.69, 9.17) is 9.15 Å². The second-order valence-corrected chi connectivity index (χ2v) is 5.45. The van der Waals surface area contributed by atoms with E-state index in [0.717, 1.165) is 5.39 Å². The van der Waals surface area contributed by atoms with Gasteiger partial charge in [-0.3, -0.25) is 4.79 Å². The number of ketones is 1. The van der Waals surface area contributed by atoms with Crippen molar-refractivity contribution in [2.75, 3.05) is 6.61 Å². The monoisotopic (exact) mass is 360 g/mol. The van der Waals surface area contributed by atoms with Crippen LogP contribution in [0.25, 0.3) is 11.0 Å². The summed E-state index contributed by atoms with van der Waals surface area (Å²) >= 11 is 0. The van der Waals surface area contributed by atoms with Gasteiger partial charge in [-0.05, 0) is 37.3 Å². The van der Waals surface area contributed by atoms with Crippen molar-refractivity contribution < 1.29 is 32.3 Å². The minimum atomic E-state index is -2.94. The Kier molecular flexibility index (Phi) is 4.97. The maximum atomic E-state index is 12.2. The van der Waals surface area contributed by atoms with Crippen molar-refractivity contribution in [3.8, 4) is 5.75 Å². The minimum Gasteiger partial charge on any atom is -0.451 e. The lowest BCUT2D eigenvalue weighted by atomic mass is 10.1. The van der Waals surface area contributed by atoms with Crippen molar-refractivity contribution in [3.05, 3.63) is 65.4 Å². The van der Waals surface area contributed by atoms with E-state index in [2.05, 4.69) is 4.74 Å². The molecular formula is C19H14F2O5. The van der Waals surface area contributed by atoms with E-state index in [-0.39, 0.29) is 17.1 Å². The van der Waals surface area contributed by atoms with Crippen LogP contribution in [0.5, 0.6) is 5.75 Å². The highest BCUT2D eigenvalue weighted by Crippen LogP contribution is 2.25.